The van der Waals surface area contributed by atoms with Crippen LogP contribution in [0, 0.1) is 5.92 Å². The Kier molecular flexibility index (Phi) is 7.26. The molecule has 2 atom stereocenters. The maximum atomic E-state index is 13.3. The van der Waals surface area contributed by atoms with Crippen LogP contribution in [0.5, 0.6) is 0 Å². The molecule has 3 amide bonds. The number of rotatable bonds is 8. The summed E-state index contributed by atoms with van der Waals surface area (Å²) < 4.78 is 5.13. The predicted molar refractivity (Wildman–Crippen MR) is 136 cm³/mol. The molecule has 0 spiro atoms. The molecule has 0 radical (unpaired) electrons. The van der Waals surface area contributed by atoms with Gasteiger partial charge in [-0.1, -0.05) is 68.8 Å². The van der Waals surface area contributed by atoms with Crippen molar-refractivity contribution in [2.45, 2.75) is 26.3 Å². The highest BCUT2D eigenvalue weighted by Crippen LogP contribution is 2.24. The first-order chi connectivity index (χ1) is 17.0. The van der Waals surface area contributed by atoms with Crippen molar-refractivity contribution in [2.75, 3.05) is 10.6 Å². The average molecular weight is 470 g/mol. The van der Waals surface area contributed by atoms with Crippen molar-refractivity contribution >= 4 is 39.9 Å². The summed E-state index contributed by atoms with van der Waals surface area (Å²) in [6.45, 7) is 3.88. The number of para-hydroxylation sites is 1. The molecule has 0 saturated carbocycles. The number of anilines is 2. The molecule has 35 heavy (non-hydrogen) atoms. The molecule has 1 aromatic heterocycles. The Hall–Kier alpha value is -4.39. The van der Waals surface area contributed by atoms with Crippen molar-refractivity contribution in [3.05, 3.63) is 96.4 Å². The van der Waals surface area contributed by atoms with E-state index in [2.05, 4.69) is 16.0 Å². The zero-order chi connectivity index (χ0) is 24.8. The van der Waals surface area contributed by atoms with Gasteiger partial charge in [0.1, 0.15) is 6.04 Å². The number of nitrogens with one attached hydrogen (secondary N) is 3. The van der Waals surface area contributed by atoms with E-state index in [0.717, 1.165) is 10.8 Å². The second-order valence-corrected chi connectivity index (χ2v) is 8.33. The summed E-state index contributed by atoms with van der Waals surface area (Å²) in [5.41, 5.74) is 1.25. The van der Waals surface area contributed by atoms with Crippen molar-refractivity contribution < 1.29 is 18.8 Å². The van der Waals surface area contributed by atoms with Gasteiger partial charge in [0.05, 0.1) is 17.5 Å². The van der Waals surface area contributed by atoms with E-state index in [1.165, 1.54) is 12.3 Å². The molecule has 0 fully saturated rings. The summed E-state index contributed by atoms with van der Waals surface area (Å²) in [6.07, 6.45) is 2.09. The minimum atomic E-state index is -0.778. The summed E-state index contributed by atoms with van der Waals surface area (Å²) >= 11 is 0. The Labute approximate surface area is 203 Å². The van der Waals surface area contributed by atoms with Gasteiger partial charge in [-0.05, 0) is 41.6 Å². The molecule has 0 saturated heterocycles. The van der Waals surface area contributed by atoms with E-state index < -0.39 is 17.9 Å². The van der Waals surface area contributed by atoms with Gasteiger partial charge in [-0.3, -0.25) is 14.4 Å². The third kappa shape index (κ3) is 5.41. The lowest BCUT2D eigenvalue weighted by Crippen LogP contribution is -2.47. The van der Waals surface area contributed by atoms with E-state index in [-0.39, 0.29) is 23.1 Å². The highest BCUT2D eigenvalue weighted by molar-refractivity contribution is 6.10. The first-order valence-corrected chi connectivity index (χ1v) is 11.5. The molecule has 0 aliphatic rings. The maximum Gasteiger partial charge on any atom is 0.291 e. The Bertz CT molecular complexity index is 1340. The van der Waals surface area contributed by atoms with Crippen LogP contribution in [0.2, 0.25) is 0 Å². The van der Waals surface area contributed by atoms with Crippen LogP contribution in [0.3, 0.4) is 0 Å². The number of carbonyl (C=O) groups is 3. The lowest BCUT2D eigenvalue weighted by molar-refractivity contribution is -0.119. The maximum absolute atomic E-state index is 13.3. The molecule has 0 bridgehead atoms. The number of hydrogen-bond donors (Lipinski definition) is 3. The third-order valence-electron chi connectivity index (χ3n) is 5.99. The minimum absolute atomic E-state index is 0.126. The van der Waals surface area contributed by atoms with Gasteiger partial charge in [-0.25, -0.2) is 0 Å². The third-order valence-corrected chi connectivity index (χ3v) is 5.99. The van der Waals surface area contributed by atoms with Crippen LogP contribution in [0.15, 0.2) is 89.5 Å². The number of fused-ring (bicyclic) bond motifs is 1. The Morgan fingerprint density at radius 3 is 2.29 bits per heavy atom. The summed E-state index contributed by atoms with van der Waals surface area (Å²) in [5.74, 6) is -1.23. The van der Waals surface area contributed by atoms with Gasteiger partial charge >= 0.3 is 0 Å². The molecule has 0 unspecified atom stereocenters. The normalized spacial score (nSPS) is 12.5. The Morgan fingerprint density at radius 2 is 1.51 bits per heavy atom. The highest BCUT2D eigenvalue weighted by Gasteiger charge is 2.28. The second-order valence-electron chi connectivity index (χ2n) is 8.33. The highest BCUT2D eigenvalue weighted by atomic mass is 16.3. The monoisotopic (exact) mass is 469 g/mol. The largest absolute Gasteiger partial charge is 0.459 e. The van der Waals surface area contributed by atoms with Crippen molar-refractivity contribution in [1.29, 1.82) is 0 Å². The van der Waals surface area contributed by atoms with Gasteiger partial charge < -0.3 is 20.4 Å². The molecule has 7 nitrogen and oxygen atoms in total. The predicted octanol–water partition coefficient (Wildman–Crippen LogP) is 5.47. The molecular weight excluding hydrogens is 442 g/mol. The van der Waals surface area contributed by atoms with Crippen LogP contribution in [0.4, 0.5) is 11.4 Å². The van der Waals surface area contributed by atoms with Crippen LogP contribution < -0.4 is 16.0 Å². The number of carbonyl (C=O) groups excluding carboxylic acids is 3. The quantitative estimate of drug-likeness (QED) is 0.319. The zero-order valence-corrected chi connectivity index (χ0v) is 19.6. The molecule has 1 heterocycles. The lowest BCUT2D eigenvalue weighted by Gasteiger charge is -2.24. The van der Waals surface area contributed by atoms with Gasteiger partial charge in [0.2, 0.25) is 5.91 Å². The zero-order valence-electron chi connectivity index (χ0n) is 19.6. The SMILES string of the molecule is CC[C@H](C)[C@@H](NC(=O)c1ccccc1NC(=O)c1ccco1)C(=O)Nc1cccc2ccccc12. The molecule has 3 aromatic carbocycles. The average Bonchev–Trinajstić information content (AvgIpc) is 3.42. The van der Waals surface area contributed by atoms with Gasteiger partial charge in [0.15, 0.2) is 5.76 Å². The Balaban J connectivity index is 1.55. The van der Waals surface area contributed by atoms with Crippen molar-refractivity contribution in [3.63, 3.8) is 0 Å². The molecule has 3 N–H and O–H groups in total. The van der Waals surface area contributed by atoms with Crippen molar-refractivity contribution in [2.24, 2.45) is 5.92 Å². The number of benzene rings is 3. The molecule has 0 aliphatic heterocycles. The van der Waals surface area contributed by atoms with Gasteiger partial charge in [-0.15, -0.1) is 0 Å². The number of furan rings is 1. The van der Waals surface area contributed by atoms with E-state index in [1.54, 1.807) is 30.3 Å². The minimum Gasteiger partial charge on any atom is -0.459 e. The fraction of sp³-hybridized carbons (Fsp3) is 0.179. The second kappa shape index (κ2) is 10.7. The summed E-state index contributed by atoms with van der Waals surface area (Å²) in [6, 6.07) is 22.5. The van der Waals surface area contributed by atoms with Crippen LogP contribution in [0.25, 0.3) is 10.8 Å². The fourth-order valence-corrected chi connectivity index (χ4v) is 3.85. The van der Waals surface area contributed by atoms with Gasteiger partial charge in [0.25, 0.3) is 11.8 Å². The first kappa shape index (κ1) is 23.8. The van der Waals surface area contributed by atoms with Crippen LogP contribution in [0.1, 0.15) is 41.2 Å². The van der Waals surface area contributed by atoms with Gasteiger partial charge in [-0.2, -0.15) is 0 Å². The summed E-state index contributed by atoms with van der Waals surface area (Å²) in [5, 5.41) is 10.5. The van der Waals surface area contributed by atoms with E-state index in [1.807, 2.05) is 56.3 Å². The molecule has 178 valence electrons. The smallest absolute Gasteiger partial charge is 0.291 e. The molecular formula is C28H27N3O4. The fourth-order valence-electron chi connectivity index (χ4n) is 3.85. The van der Waals surface area contributed by atoms with Crippen molar-refractivity contribution in [1.82, 2.24) is 5.32 Å². The van der Waals surface area contributed by atoms with Crippen LogP contribution in [-0.4, -0.2) is 23.8 Å². The van der Waals surface area contributed by atoms with Crippen LogP contribution in [-0.2, 0) is 4.79 Å². The van der Waals surface area contributed by atoms with Gasteiger partial charge in [0, 0.05) is 11.1 Å². The molecule has 7 heteroatoms. The van der Waals surface area contributed by atoms with E-state index in [4.69, 9.17) is 4.42 Å². The molecule has 4 rings (SSSR count). The van der Waals surface area contributed by atoms with E-state index in [0.29, 0.717) is 17.8 Å². The molecule has 4 aromatic rings. The summed E-state index contributed by atoms with van der Waals surface area (Å²) in [4.78, 5) is 39.0. The van der Waals surface area contributed by atoms with E-state index in [9.17, 15) is 14.4 Å². The van der Waals surface area contributed by atoms with Crippen molar-refractivity contribution in [3.8, 4) is 0 Å². The number of amides is 3. The van der Waals surface area contributed by atoms with E-state index >= 15 is 0 Å². The topological polar surface area (TPSA) is 100 Å². The summed E-state index contributed by atoms with van der Waals surface area (Å²) in [7, 11) is 0. The first-order valence-electron chi connectivity index (χ1n) is 11.5. The Morgan fingerprint density at radius 1 is 0.800 bits per heavy atom. The number of hydrogen-bond acceptors (Lipinski definition) is 4. The lowest BCUT2D eigenvalue weighted by atomic mass is 9.97. The van der Waals surface area contributed by atoms with Crippen LogP contribution >= 0.6 is 0 Å². The molecule has 0 aliphatic carbocycles. The standard InChI is InChI=1S/C28H27N3O4/c1-3-18(2)25(28(34)30-22-15-8-11-19-10-4-5-12-20(19)22)31-26(32)21-13-6-7-14-23(21)29-27(33)24-16-9-17-35-24/h4-18,25H,3H2,1-2H3,(H,29,33)(H,30,34)(H,31,32)/t18-,25+/m0/s1.